The Labute approximate surface area is 103 Å². The van der Waals surface area contributed by atoms with Gasteiger partial charge >= 0.3 is 0 Å². The molecule has 0 saturated carbocycles. The molecule has 0 fully saturated rings. The van der Waals surface area contributed by atoms with Crippen LogP contribution in [0.2, 0.25) is 0 Å². The molecule has 0 spiro atoms. The third-order valence-electron chi connectivity index (χ3n) is 1.89. The normalized spacial score (nSPS) is 9.60. The topological polar surface area (TPSA) is 64.4 Å². The van der Waals surface area contributed by atoms with Crippen molar-refractivity contribution in [3.63, 3.8) is 0 Å². The Morgan fingerprint density at radius 3 is 2.67 bits per heavy atom. The van der Waals surface area contributed by atoms with Gasteiger partial charge in [-0.1, -0.05) is 18.2 Å². The first-order chi connectivity index (χ1) is 6.75. The molecule has 0 aliphatic carbocycles. The highest BCUT2D eigenvalue weighted by molar-refractivity contribution is 8.93. The first kappa shape index (κ1) is 12.0. The van der Waals surface area contributed by atoms with E-state index in [1.165, 1.54) is 15.0 Å². The Hall–Kier alpha value is -1.07. The zero-order chi connectivity index (χ0) is 9.97. The number of fused-ring (bicyclic) bond motifs is 1. The third kappa shape index (κ3) is 2.94. The molecule has 1 aromatic heterocycles. The predicted octanol–water partition coefficient (Wildman–Crippen LogP) is 2.25. The van der Waals surface area contributed by atoms with Crippen LogP contribution in [-0.2, 0) is 6.54 Å². The third-order valence-corrected chi connectivity index (χ3v) is 2.99. The van der Waals surface area contributed by atoms with E-state index in [2.05, 4.69) is 23.2 Å². The molecular weight excluding hydrogens is 274 g/mol. The monoisotopic (exact) mass is 285 g/mol. The maximum Gasteiger partial charge on any atom is 0.186 e. The molecule has 1 heterocycles. The van der Waals surface area contributed by atoms with Gasteiger partial charge in [0.25, 0.3) is 0 Å². The fourth-order valence-corrected chi connectivity index (χ4v) is 2.27. The summed E-state index contributed by atoms with van der Waals surface area (Å²) in [5.41, 5.74) is 10.5. The number of guanidine groups is 1. The van der Waals surface area contributed by atoms with Crippen LogP contribution in [0.15, 0.2) is 35.3 Å². The van der Waals surface area contributed by atoms with Gasteiger partial charge in [0.1, 0.15) is 0 Å². The zero-order valence-electron chi connectivity index (χ0n) is 8.01. The Kier molecular flexibility index (Phi) is 4.11. The van der Waals surface area contributed by atoms with E-state index < -0.39 is 0 Å². The second kappa shape index (κ2) is 5.14. The van der Waals surface area contributed by atoms with E-state index >= 15 is 0 Å². The lowest BCUT2D eigenvalue weighted by molar-refractivity contribution is 1.09. The van der Waals surface area contributed by atoms with Gasteiger partial charge in [0.15, 0.2) is 5.96 Å². The number of benzene rings is 1. The van der Waals surface area contributed by atoms with Gasteiger partial charge in [0, 0.05) is 9.58 Å². The van der Waals surface area contributed by atoms with Crippen molar-refractivity contribution in [2.45, 2.75) is 6.54 Å². The molecule has 5 heteroatoms. The van der Waals surface area contributed by atoms with Crippen LogP contribution in [0.25, 0.3) is 10.1 Å². The van der Waals surface area contributed by atoms with Crippen molar-refractivity contribution in [3.8, 4) is 0 Å². The molecule has 2 aromatic rings. The molecule has 1 aromatic carbocycles. The molecule has 15 heavy (non-hydrogen) atoms. The molecule has 0 aliphatic rings. The highest BCUT2D eigenvalue weighted by Crippen LogP contribution is 2.25. The van der Waals surface area contributed by atoms with E-state index in [0.717, 1.165) is 0 Å². The molecule has 0 radical (unpaired) electrons. The number of aliphatic imine (C=N–C) groups is 1. The summed E-state index contributed by atoms with van der Waals surface area (Å²) in [6.45, 7) is 0.571. The van der Waals surface area contributed by atoms with Crippen LogP contribution in [0.3, 0.4) is 0 Å². The van der Waals surface area contributed by atoms with E-state index in [1.807, 2.05) is 12.1 Å². The number of halogens is 1. The zero-order valence-corrected chi connectivity index (χ0v) is 10.5. The van der Waals surface area contributed by atoms with Crippen molar-refractivity contribution >= 4 is 44.4 Å². The van der Waals surface area contributed by atoms with E-state index in [-0.39, 0.29) is 22.9 Å². The molecule has 2 rings (SSSR count). The van der Waals surface area contributed by atoms with Crippen LogP contribution in [-0.4, -0.2) is 5.96 Å². The number of rotatable bonds is 2. The Bertz CT molecular complexity index is 441. The summed E-state index contributed by atoms with van der Waals surface area (Å²) in [5.74, 6) is 0.141. The highest BCUT2D eigenvalue weighted by atomic mass is 79.9. The number of nitrogens with zero attached hydrogens (tertiary/aromatic N) is 1. The lowest BCUT2D eigenvalue weighted by Gasteiger charge is -1.89. The summed E-state index contributed by atoms with van der Waals surface area (Å²) in [7, 11) is 0. The average molecular weight is 286 g/mol. The Morgan fingerprint density at radius 2 is 2.00 bits per heavy atom. The van der Waals surface area contributed by atoms with Gasteiger partial charge in [0.2, 0.25) is 0 Å². The fourth-order valence-electron chi connectivity index (χ4n) is 1.28. The van der Waals surface area contributed by atoms with Gasteiger partial charge < -0.3 is 11.5 Å². The second-order valence-corrected chi connectivity index (χ2v) is 4.16. The van der Waals surface area contributed by atoms with Gasteiger partial charge in [-0.25, -0.2) is 4.99 Å². The van der Waals surface area contributed by atoms with Gasteiger partial charge in [-0.3, -0.25) is 0 Å². The number of hydrogen-bond acceptors (Lipinski definition) is 2. The van der Waals surface area contributed by atoms with Crippen LogP contribution in [0, 0.1) is 0 Å². The van der Waals surface area contributed by atoms with Crippen LogP contribution >= 0.6 is 28.3 Å². The van der Waals surface area contributed by atoms with E-state index in [1.54, 1.807) is 11.3 Å². The molecule has 0 bridgehead atoms. The summed E-state index contributed by atoms with van der Waals surface area (Å²) in [5, 5.41) is 1.25. The largest absolute Gasteiger partial charge is 0.370 e. The minimum atomic E-state index is 0. The van der Waals surface area contributed by atoms with Crippen LogP contribution < -0.4 is 11.5 Å². The van der Waals surface area contributed by atoms with Gasteiger partial charge in [-0.2, -0.15) is 0 Å². The van der Waals surface area contributed by atoms with Crippen molar-refractivity contribution < 1.29 is 0 Å². The summed E-state index contributed by atoms with van der Waals surface area (Å²) >= 11 is 1.72. The summed E-state index contributed by atoms with van der Waals surface area (Å²) in [6, 6.07) is 10.4. The SMILES string of the molecule is Br.NC(N)=NCc1cc2ccccc2s1. The summed E-state index contributed by atoms with van der Waals surface area (Å²) in [4.78, 5) is 5.15. The van der Waals surface area contributed by atoms with Gasteiger partial charge in [-0.05, 0) is 17.5 Å². The molecule has 0 aliphatic heterocycles. The maximum absolute atomic E-state index is 5.27. The van der Waals surface area contributed by atoms with Crippen LogP contribution in [0.5, 0.6) is 0 Å². The standard InChI is InChI=1S/C10H11N3S.BrH/c11-10(12)13-6-8-5-7-3-1-2-4-9(7)14-8;/h1-5H,6H2,(H4,11,12,13);1H. The average Bonchev–Trinajstić information content (AvgIpc) is 2.57. The number of hydrogen-bond donors (Lipinski definition) is 2. The molecule has 0 atom stereocenters. The lowest BCUT2D eigenvalue weighted by Crippen LogP contribution is -2.22. The van der Waals surface area contributed by atoms with E-state index in [0.29, 0.717) is 6.54 Å². The second-order valence-electron chi connectivity index (χ2n) is 2.99. The molecule has 0 saturated heterocycles. The van der Waals surface area contributed by atoms with E-state index in [4.69, 9.17) is 11.5 Å². The molecule has 0 unspecified atom stereocenters. The van der Waals surface area contributed by atoms with Crippen molar-refractivity contribution in [1.29, 1.82) is 0 Å². The van der Waals surface area contributed by atoms with Crippen LogP contribution in [0.1, 0.15) is 4.88 Å². The fraction of sp³-hybridized carbons (Fsp3) is 0.100. The molecule has 3 nitrogen and oxygen atoms in total. The smallest absolute Gasteiger partial charge is 0.186 e. The molecular formula is C10H12BrN3S. The lowest BCUT2D eigenvalue weighted by atomic mass is 10.2. The summed E-state index contributed by atoms with van der Waals surface area (Å²) in [6.07, 6.45) is 0. The Morgan fingerprint density at radius 1 is 1.27 bits per heavy atom. The quantitative estimate of drug-likeness (QED) is 0.657. The van der Waals surface area contributed by atoms with Crippen molar-refractivity contribution in [2.24, 2.45) is 16.5 Å². The van der Waals surface area contributed by atoms with Crippen LogP contribution in [0.4, 0.5) is 0 Å². The predicted molar refractivity (Wildman–Crippen MR) is 71.7 cm³/mol. The molecule has 80 valence electrons. The van der Waals surface area contributed by atoms with Gasteiger partial charge in [-0.15, -0.1) is 28.3 Å². The minimum absolute atomic E-state index is 0. The summed E-state index contributed by atoms with van der Waals surface area (Å²) < 4.78 is 1.27. The first-order valence-electron chi connectivity index (χ1n) is 4.28. The first-order valence-corrected chi connectivity index (χ1v) is 5.10. The number of nitrogens with two attached hydrogens (primary N) is 2. The number of thiophene rings is 1. The van der Waals surface area contributed by atoms with Crippen molar-refractivity contribution in [2.75, 3.05) is 0 Å². The minimum Gasteiger partial charge on any atom is -0.370 e. The highest BCUT2D eigenvalue weighted by Gasteiger charge is 1.99. The van der Waals surface area contributed by atoms with Gasteiger partial charge in [0.05, 0.1) is 6.54 Å². The van der Waals surface area contributed by atoms with E-state index in [9.17, 15) is 0 Å². The molecule has 0 amide bonds. The van der Waals surface area contributed by atoms with Crippen molar-refractivity contribution in [3.05, 3.63) is 35.2 Å². The Balaban J connectivity index is 0.00000112. The maximum atomic E-state index is 5.27. The molecule has 4 N–H and O–H groups in total. The van der Waals surface area contributed by atoms with Crippen molar-refractivity contribution in [1.82, 2.24) is 0 Å².